The van der Waals surface area contributed by atoms with Crippen LogP contribution in [0.1, 0.15) is 21.7 Å². The van der Waals surface area contributed by atoms with Crippen molar-refractivity contribution >= 4 is 21.8 Å². The number of alkyl halides is 6. The fourth-order valence-electron chi connectivity index (χ4n) is 1.92. The summed E-state index contributed by atoms with van der Waals surface area (Å²) < 4.78 is 83.1. The molecule has 124 valence electrons. The monoisotopic (exact) mass is 401 g/mol. The zero-order chi connectivity index (χ0) is 17.6. The SMILES string of the molecule is NC(=O)c1ccc(-c2c(C(F)(F)F)cc(Br)cc2C(F)(F)F)o1. The van der Waals surface area contributed by atoms with E-state index in [1.165, 1.54) is 0 Å². The zero-order valence-corrected chi connectivity index (χ0v) is 12.4. The van der Waals surface area contributed by atoms with Crippen LogP contribution < -0.4 is 5.73 Å². The topological polar surface area (TPSA) is 56.2 Å². The second-order valence-electron chi connectivity index (χ2n) is 4.40. The highest BCUT2D eigenvalue weighted by atomic mass is 79.9. The Morgan fingerprint density at radius 1 is 1.00 bits per heavy atom. The molecule has 2 aromatic rings. The second-order valence-corrected chi connectivity index (χ2v) is 5.32. The van der Waals surface area contributed by atoms with Gasteiger partial charge in [0, 0.05) is 10.0 Å². The number of halogens is 7. The van der Waals surface area contributed by atoms with Gasteiger partial charge in [0.1, 0.15) is 5.76 Å². The number of amides is 1. The number of rotatable bonds is 2. The fraction of sp³-hybridized carbons (Fsp3) is 0.154. The Morgan fingerprint density at radius 3 is 1.83 bits per heavy atom. The molecule has 2 N–H and O–H groups in total. The molecule has 0 saturated carbocycles. The summed E-state index contributed by atoms with van der Waals surface area (Å²) in [7, 11) is 0. The summed E-state index contributed by atoms with van der Waals surface area (Å²) in [5.74, 6) is -2.43. The predicted octanol–water partition coefficient (Wildman–Crippen LogP) is 4.85. The molecule has 1 amide bonds. The van der Waals surface area contributed by atoms with Gasteiger partial charge in [-0.25, -0.2) is 0 Å². The average molecular weight is 402 g/mol. The van der Waals surface area contributed by atoms with Gasteiger partial charge in [0.2, 0.25) is 0 Å². The first-order valence-corrected chi connectivity index (χ1v) is 6.58. The summed E-state index contributed by atoms with van der Waals surface area (Å²) in [5.41, 5.74) is 0.582. The van der Waals surface area contributed by atoms with Gasteiger partial charge < -0.3 is 10.2 Å². The van der Waals surface area contributed by atoms with E-state index in [2.05, 4.69) is 15.9 Å². The first kappa shape index (κ1) is 17.4. The molecule has 0 unspecified atom stereocenters. The number of furan rings is 1. The van der Waals surface area contributed by atoms with Crippen molar-refractivity contribution in [3.8, 4) is 11.3 Å². The van der Waals surface area contributed by atoms with Crippen LogP contribution in [-0.2, 0) is 12.4 Å². The van der Waals surface area contributed by atoms with Crippen molar-refractivity contribution in [3.63, 3.8) is 0 Å². The van der Waals surface area contributed by atoms with Gasteiger partial charge in [0.05, 0.1) is 11.1 Å². The van der Waals surface area contributed by atoms with Gasteiger partial charge in [-0.05, 0) is 24.3 Å². The molecule has 23 heavy (non-hydrogen) atoms. The van der Waals surface area contributed by atoms with E-state index in [0.717, 1.165) is 12.1 Å². The largest absolute Gasteiger partial charge is 0.451 e. The minimum Gasteiger partial charge on any atom is -0.451 e. The number of primary amides is 1. The summed E-state index contributed by atoms with van der Waals surface area (Å²) in [6.45, 7) is 0. The maximum Gasteiger partial charge on any atom is 0.417 e. The van der Waals surface area contributed by atoms with Crippen molar-refractivity contribution < 1.29 is 35.6 Å². The molecule has 10 heteroatoms. The summed E-state index contributed by atoms with van der Waals surface area (Å²) in [6, 6.07) is 2.72. The van der Waals surface area contributed by atoms with E-state index in [-0.39, 0.29) is 0 Å². The Bertz CT molecular complexity index is 728. The normalized spacial score (nSPS) is 12.5. The Kier molecular flexibility index (Phi) is 4.22. The highest BCUT2D eigenvalue weighted by Gasteiger charge is 2.42. The summed E-state index contributed by atoms with van der Waals surface area (Å²) in [5, 5.41) is 0. The van der Waals surface area contributed by atoms with Crippen molar-refractivity contribution in [1.29, 1.82) is 0 Å². The maximum absolute atomic E-state index is 13.1. The Labute approximate surface area is 133 Å². The van der Waals surface area contributed by atoms with Crippen LogP contribution >= 0.6 is 15.9 Å². The van der Waals surface area contributed by atoms with E-state index < -0.39 is 50.9 Å². The molecule has 0 radical (unpaired) electrons. The fourth-order valence-corrected chi connectivity index (χ4v) is 2.38. The molecule has 0 spiro atoms. The third-order valence-electron chi connectivity index (χ3n) is 2.81. The van der Waals surface area contributed by atoms with Gasteiger partial charge in [-0.15, -0.1) is 0 Å². The number of carbonyl (C=O) groups excluding carboxylic acids is 1. The molecule has 1 aromatic carbocycles. The van der Waals surface area contributed by atoms with Gasteiger partial charge in [-0.1, -0.05) is 15.9 Å². The van der Waals surface area contributed by atoms with Gasteiger partial charge in [0.15, 0.2) is 5.76 Å². The lowest BCUT2D eigenvalue weighted by atomic mass is 9.98. The van der Waals surface area contributed by atoms with Gasteiger partial charge in [0.25, 0.3) is 5.91 Å². The molecule has 0 aliphatic carbocycles. The third-order valence-corrected chi connectivity index (χ3v) is 3.27. The quantitative estimate of drug-likeness (QED) is 0.731. The van der Waals surface area contributed by atoms with Gasteiger partial charge >= 0.3 is 12.4 Å². The molecular weight excluding hydrogens is 396 g/mol. The van der Waals surface area contributed by atoms with Crippen LogP contribution in [-0.4, -0.2) is 5.91 Å². The standard InChI is InChI=1S/C13H6BrF6NO2/c14-5-3-6(12(15,16)17)10(7(4-5)13(18,19)20)8-1-2-9(23-8)11(21)22/h1-4H,(H2,21,22). The van der Waals surface area contributed by atoms with Crippen LogP contribution in [0.4, 0.5) is 26.3 Å². The van der Waals surface area contributed by atoms with Crippen LogP contribution in [0.15, 0.2) is 33.2 Å². The first-order chi connectivity index (χ1) is 10.4. The summed E-state index contributed by atoms with van der Waals surface area (Å²) in [4.78, 5) is 10.9. The highest BCUT2D eigenvalue weighted by molar-refractivity contribution is 9.10. The van der Waals surface area contributed by atoms with Crippen LogP contribution in [0.5, 0.6) is 0 Å². The van der Waals surface area contributed by atoms with E-state index in [0.29, 0.717) is 12.1 Å². The van der Waals surface area contributed by atoms with Gasteiger partial charge in [-0.2, -0.15) is 26.3 Å². The Hall–Kier alpha value is -1.97. The van der Waals surface area contributed by atoms with Crippen molar-refractivity contribution in [1.82, 2.24) is 0 Å². The van der Waals surface area contributed by atoms with Crippen molar-refractivity contribution in [2.75, 3.05) is 0 Å². The molecule has 0 atom stereocenters. The second kappa shape index (κ2) is 5.59. The molecule has 3 nitrogen and oxygen atoms in total. The highest BCUT2D eigenvalue weighted by Crippen LogP contribution is 2.46. The molecule has 0 fully saturated rings. The van der Waals surface area contributed by atoms with Gasteiger partial charge in [-0.3, -0.25) is 4.79 Å². The van der Waals surface area contributed by atoms with Crippen molar-refractivity contribution in [3.05, 3.63) is 45.6 Å². The third kappa shape index (κ3) is 3.52. The number of nitrogens with two attached hydrogens (primary N) is 1. The molecule has 0 saturated heterocycles. The first-order valence-electron chi connectivity index (χ1n) is 5.79. The van der Waals surface area contributed by atoms with Crippen LogP contribution in [0, 0.1) is 0 Å². The average Bonchev–Trinajstić information content (AvgIpc) is 2.85. The van der Waals surface area contributed by atoms with Crippen LogP contribution in [0.25, 0.3) is 11.3 Å². The Balaban J connectivity index is 2.84. The van der Waals surface area contributed by atoms with E-state index in [1.807, 2.05) is 0 Å². The predicted molar refractivity (Wildman–Crippen MR) is 70.4 cm³/mol. The van der Waals surface area contributed by atoms with E-state index in [1.54, 1.807) is 0 Å². The number of carbonyl (C=O) groups is 1. The summed E-state index contributed by atoms with van der Waals surface area (Å²) >= 11 is 2.63. The van der Waals surface area contributed by atoms with E-state index in [9.17, 15) is 31.1 Å². The maximum atomic E-state index is 13.1. The molecule has 0 aliphatic rings. The molecule has 1 heterocycles. The minimum absolute atomic E-state index is 0.400. The number of hydrogen-bond donors (Lipinski definition) is 1. The smallest absolute Gasteiger partial charge is 0.417 e. The zero-order valence-electron chi connectivity index (χ0n) is 10.8. The number of benzene rings is 1. The molecule has 0 bridgehead atoms. The van der Waals surface area contributed by atoms with E-state index >= 15 is 0 Å². The van der Waals surface area contributed by atoms with Crippen molar-refractivity contribution in [2.24, 2.45) is 5.73 Å². The van der Waals surface area contributed by atoms with Crippen molar-refractivity contribution in [2.45, 2.75) is 12.4 Å². The lowest BCUT2D eigenvalue weighted by molar-refractivity contribution is -0.142. The van der Waals surface area contributed by atoms with Crippen LogP contribution in [0.2, 0.25) is 0 Å². The molecule has 0 aliphatic heterocycles. The number of hydrogen-bond acceptors (Lipinski definition) is 2. The lowest BCUT2D eigenvalue weighted by Gasteiger charge is -2.18. The summed E-state index contributed by atoms with van der Waals surface area (Å²) in [6.07, 6.45) is -10.1. The lowest BCUT2D eigenvalue weighted by Crippen LogP contribution is -2.14. The molecular formula is C13H6BrF6NO2. The molecule has 2 rings (SSSR count). The minimum atomic E-state index is -5.07. The Morgan fingerprint density at radius 2 is 1.48 bits per heavy atom. The van der Waals surface area contributed by atoms with Crippen LogP contribution in [0.3, 0.4) is 0 Å². The molecule has 1 aromatic heterocycles. The van der Waals surface area contributed by atoms with E-state index in [4.69, 9.17) is 10.2 Å².